The van der Waals surface area contributed by atoms with Crippen LogP contribution in [0.15, 0.2) is 18.3 Å². The molecule has 2 atom stereocenters. The summed E-state index contributed by atoms with van der Waals surface area (Å²) < 4.78 is 6.38. The maximum atomic E-state index is 6.38. The van der Waals surface area contributed by atoms with Crippen molar-refractivity contribution in [1.29, 1.82) is 0 Å². The fourth-order valence-corrected chi connectivity index (χ4v) is 3.50. The summed E-state index contributed by atoms with van der Waals surface area (Å²) in [7, 11) is 0. The average molecular weight is 301 g/mol. The van der Waals surface area contributed by atoms with E-state index < -0.39 is 0 Å². The Labute approximate surface area is 132 Å². The number of aryl methyl sites for hydroxylation is 1. The highest BCUT2D eigenvalue weighted by atomic mass is 16.5. The molecule has 0 unspecified atom stereocenters. The van der Waals surface area contributed by atoms with Crippen LogP contribution in [0.3, 0.4) is 0 Å². The molecule has 1 aliphatic rings. The quantitative estimate of drug-likeness (QED) is 0.853. The van der Waals surface area contributed by atoms with Crippen LogP contribution in [0.25, 0.3) is 10.9 Å². The molecule has 1 aromatic heterocycles. The zero-order valence-corrected chi connectivity index (χ0v) is 13.7. The van der Waals surface area contributed by atoms with Crippen molar-refractivity contribution in [2.45, 2.75) is 64.5 Å². The SMILES string of the molecule is CCCN[C@H]1CCC[C@@H](Oc2ccc3[nH]ncc3c2CC)C1. The fraction of sp³-hybridized carbons (Fsp3) is 0.611. The monoisotopic (exact) mass is 301 g/mol. The first-order valence-electron chi connectivity index (χ1n) is 8.66. The predicted octanol–water partition coefficient (Wildman–Crippen LogP) is 3.81. The molecule has 0 radical (unpaired) electrons. The number of nitrogens with zero attached hydrogens (tertiary/aromatic N) is 1. The molecule has 4 nitrogen and oxygen atoms in total. The van der Waals surface area contributed by atoms with Gasteiger partial charge in [0.15, 0.2) is 0 Å². The van der Waals surface area contributed by atoms with Gasteiger partial charge in [-0.2, -0.15) is 5.10 Å². The number of aromatic amines is 1. The lowest BCUT2D eigenvalue weighted by molar-refractivity contribution is 0.134. The van der Waals surface area contributed by atoms with Crippen molar-refractivity contribution in [2.24, 2.45) is 0 Å². The minimum Gasteiger partial charge on any atom is -0.490 e. The van der Waals surface area contributed by atoms with Gasteiger partial charge in [0, 0.05) is 17.0 Å². The van der Waals surface area contributed by atoms with E-state index in [9.17, 15) is 0 Å². The van der Waals surface area contributed by atoms with E-state index in [0.717, 1.165) is 37.1 Å². The molecule has 0 spiro atoms. The van der Waals surface area contributed by atoms with Gasteiger partial charge in [-0.05, 0) is 57.2 Å². The lowest BCUT2D eigenvalue weighted by Gasteiger charge is -2.31. The second-order valence-corrected chi connectivity index (χ2v) is 6.28. The molecule has 0 amide bonds. The zero-order chi connectivity index (χ0) is 15.4. The normalized spacial score (nSPS) is 22.1. The Morgan fingerprint density at radius 2 is 2.23 bits per heavy atom. The molecule has 2 N–H and O–H groups in total. The zero-order valence-electron chi connectivity index (χ0n) is 13.7. The molecule has 0 bridgehead atoms. The van der Waals surface area contributed by atoms with Crippen LogP contribution in [-0.4, -0.2) is 28.9 Å². The standard InChI is InChI=1S/C18H27N3O/c1-3-10-19-13-6-5-7-14(11-13)22-18-9-8-17-16(12-20-21-17)15(18)4-2/h8-9,12-14,19H,3-7,10-11H2,1-2H3,(H,20,21)/t13-,14+/m0/s1. The van der Waals surface area contributed by atoms with Crippen molar-refractivity contribution >= 4 is 10.9 Å². The van der Waals surface area contributed by atoms with Crippen LogP contribution in [0.2, 0.25) is 0 Å². The van der Waals surface area contributed by atoms with E-state index in [-0.39, 0.29) is 0 Å². The van der Waals surface area contributed by atoms with Crippen molar-refractivity contribution in [3.63, 3.8) is 0 Å². The minimum atomic E-state index is 0.331. The van der Waals surface area contributed by atoms with Crippen LogP contribution >= 0.6 is 0 Å². The molecule has 120 valence electrons. The summed E-state index contributed by atoms with van der Waals surface area (Å²) in [4.78, 5) is 0. The Kier molecular flexibility index (Phi) is 4.98. The molecular formula is C18H27N3O. The van der Waals surface area contributed by atoms with Crippen molar-refractivity contribution in [2.75, 3.05) is 6.54 Å². The number of hydrogen-bond acceptors (Lipinski definition) is 3. The Bertz CT molecular complexity index is 607. The van der Waals surface area contributed by atoms with Gasteiger partial charge in [0.2, 0.25) is 0 Å². The van der Waals surface area contributed by atoms with Gasteiger partial charge in [-0.3, -0.25) is 5.10 Å². The van der Waals surface area contributed by atoms with Crippen molar-refractivity contribution in [1.82, 2.24) is 15.5 Å². The average Bonchev–Trinajstić information content (AvgIpc) is 3.02. The molecule has 1 fully saturated rings. The van der Waals surface area contributed by atoms with Gasteiger partial charge in [0.1, 0.15) is 11.9 Å². The topological polar surface area (TPSA) is 49.9 Å². The molecule has 22 heavy (non-hydrogen) atoms. The third kappa shape index (κ3) is 3.27. The van der Waals surface area contributed by atoms with Crippen LogP contribution in [0.1, 0.15) is 51.5 Å². The lowest BCUT2D eigenvalue weighted by atomic mass is 9.92. The Hall–Kier alpha value is -1.55. The summed E-state index contributed by atoms with van der Waals surface area (Å²) in [6.45, 7) is 5.51. The van der Waals surface area contributed by atoms with Crippen LogP contribution < -0.4 is 10.1 Å². The van der Waals surface area contributed by atoms with Gasteiger partial charge in [-0.25, -0.2) is 0 Å². The third-order valence-electron chi connectivity index (χ3n) is 4.65. The highest BCUT2D eigenvalue weighted by Crippen LogP contribution is 2.31. The highest BCUT2D eigenvalue weighted by molar-refractivity contribution is 5.84. The molecule has 3 rings (SSSR count). The van der Waals surface area contributed by atoms with E-state index in [1.807, 2.05) is 6.20 Å². The van der Waals surface area contributed by atoms with E-state index >= 15 is 0 Å². The maximum Gasteiger partial charge on any atom is 0.123 e. The van der Waals surface area contributed by atoms with Crippen LogP contribution in [0.4, 0.5) is 0 Å². The number of ether oxygens (including phenoxy) is 1. The number of fused-ring (bicyclic) bond motifs is 1. The molecule has 4 heteroatoms. The van der Waals surface area contributed by atoms with E-state index in [0.29, 0.717) is 12.1 Å². The summed E-state index contributed by atoms with van der Waals surface area (Å²) in [6.07, 6.45) is 9.22. The molecule has 1 aliphatic carbocycles. The number of aromatic nitrogens is 2. The van der Waals surface area contributed by atoms with Crippen LogP contribution in [0.5, 0.6) is 5.75 Å². The lowest BCUT2D eigenvalue weighted by Crippen LogP contribution is -2.38. The smallest absolute Gasteiger partial charge is 0.123 e. The molecular weight excluding hydrogens is 274 g/mol. The molecule has 1 saturated carbocycles. The second-order valence-electron chi connectivity index (χ2n) is 6.28. The number of benzene rings is 1. The van der Waals surface area contributed by atoms with E-state index in [1.165, 1.54) is 30.2 Å². The summed E-state index contributed by atoms with van der Waals surface area (Å²) in [5, 5.41) is 12.0. The van der Waals surface area contributed by atoms with Gasteiger partial charge < -0.3 is 10.1 Å². The highest BCUT2D eigenvalue weighted by Gasteiger charge is 2.23. The van der Waals surface area contributed by atoms with Gasteiger partial charge >= 0.3 is 0 Å². The van der Waals surface area contributed by atoms with Crippen LogP contribution in [-0.2, 0) is 6.42 Å². The maximum absolute atomic E-state index is 6.38. The third-order valence-corrected chi connectivity index (χ3v) is 4.65. The van der Waals surface area contributed by atoms with E-state index in [4.69, 9.17) is 4.74 Å². The molecule has 1 aromatic carbocycles. The first-order chi connectivity index (χ1) is 10.8. The fourth-order valence-electron chi connectivity index (χ4n) is 3.50. The summed E-state index contributed by atoms with van der Waals surface area (Å²) in [6, 6.07) is 4.79. The van der Waals surface area contributed by atoms with Gasteiger partial charge in [0.05, 0.1) is 11.7 Å². The number of nitrogens with one attached hydrogen (secondary N) is 2. The summed E-state index contributed by atoms with van der Waals surface area (Å²) in [5.41, 5.74) is 2.37. The van der Waals surface area contributed by atoms with Crippen molar-refractivity contribution in [3.05, 3.63) is 23.9 Å². The second kappa shape index (κ2) is 7.14. The minimum absolute atomic E-state index is 0.331. The largest absolute Gasteiger partial charge is 0.490 e. The summed E-state index contributed by atoms with van der Waals surface area (Å²) in [5.74, 6) is 1.04. The van der Waals surface area contributed by atoms with E-state index in [1.54, 1.807) is 0 Å². The molecule has 0 saturated heterocycles. The first-order valence-corrected chi connectivity index (χ1v) is 8.66. The van der Waals surface area contributed by atoms with Crippen molar-refractivity contribution < 1.29 is 4.74 Å². The molecule has 2 aromatic rings. The Morgan fingerprint density at radius 3 is 3.05 bits per heavy atom. The molecule has 1 heterocycles. The van der Waals surface area contributed by atoms with Gasteiger partial charge in [-0.1, -0.05) is 13.8 Å². The van der Waals surface area contributed by atoms with Crippen LogP contribution in [0, 0.1) is 0 Å². The van der Waals surface area contributed by atoms with Gasteiger partial charge in [0.25, 0.3) is 0 Å². The molecule has 0 aliphatic heterocycles. The summed E-state index contributed by atoms with van der Waals surface area (Å²) >= 11 is 0. The van der Waals surface area contributed by atoms with Crippen molar-refractivity contribution in [3.8, 4) is 5.75 Å². The van der Waals surface area contributed by atoms with Gasteiger partial charge in [-0.15, -0.1) is 0 Å². The number of rotatable bonds is 6. The number of hydrogen-bond donors (Lipinski definition) is 2. The van der Waals surface area contributed by atoms with E-state index in [2.05, 4.69) is 41.5 Å². The predicted molar refractivity (Wildman–Crippen MR) is 90.4 cm³/mol. The first kappa shape index (κ1) is 15.3. The Balaban J connectivity index is 1.72. The number of H-pyrrole nitrogens is 1. The Morgan fingerprint density at radius 1 is 1.32 bits per heavy atom.